The number of carbonyl (C=O) groups is 2. The summed E-state index contributed by atoms with van der Waals surface area (Å²) in [5.74, 6) is -0.916. The van der Waals surface area contributed by atoms with Gasteiger partial charge in [-0.15, -0.1) is 11.3 Å². The van der Waals surface area contributed by atoms with E-state index >= 15 is 0 Å². The van der Waals surface area contributed by atoms with Crippen LogP contribution in [0.15, 0.2) is 89.8 Å². The van der Waals surface area contributed by atoms with Crippen molar-refractivity contribution in [2.75, 3.05) is 33.4 Å². The van der Waals surface area contributed by atoms with E-state index in [2.05, 4.69) is 19.2 Å². The molecule has 8 rings (SSSR count). The Hall–Kier alpha value is -5.03. The molecule has 0 saturated carbocycles. The lowest BCUT2D eigenvalue weighted by Crippen LogP contribution is -2.51. The van der Waals surface area contributed by atoms with Crippen LogP contribution in [0.2, 0.25) is 0 Å². The van der Waals surface area contributed by atoms with Crippen LogP contribution >= 0.6 is 11.3 Å². The maximum atomic E-state index is 14.1. The van der Waals surface area contributed by atoms with Gasteiger partial charge in [0.1, 0.15) is 24.2 Å². The van der Waals surface area contributed by atoms with Gasteiger partial charge in [-0.25, -0.2) is 18.0 Å². The van der Waals surface area contributed by atoms with Gasteiger partial charge in [0.25, 0.3) is 0 Å². The molecule has 0 bridgehead atoms. The van der Waals surface area contributed by atoms with Gasteiger partial charge in [0.05, 0.1) is 53.7 Å². The summed E-state index contributed by atoms with van der Waals surface area (Å²) >= 11 is 1.58. The number of alkyl carbamates (subject to hydrolysis) is 1. The lowest BCUT2D eigenvalue weighted by atomic mass is 9.75. The van der Waals surface area contributed by atoms with E-state index in [1.165, 1.54) is 23.5 Å². The number of thiophene rings is 1. The lowest BCUT2D eigenvalue weighted by molar-refractivity contribution is -0.181. The first-order valence-corrected chi connectivity index (χ1v) is 24.9. The fourth-order valence-electron chi connectivity index (χ4n) is 9.59. The van der Waals surface area contributed by atoms with E-state index in [1.807, 2.05) is 81.4 Å². The van der Waals surface area contributed by atoms with Crippen molar-refractivity contribution in [1.82, 2.24) is 9.62 Å². The number of carboxylic acids is 1. The standard InChI is InChI=1S/C51H60N2O11S2/c1-31(2)27-53(66(58,59)37-19-17-35(60-6)18-20-37)28-42(54)41(52-49(57)64-43-30-63-51(5)40(43)22-24-62-51)25-32-11-15-36(16-12-32)61-29-34-14-13-33-9-7-8-10-38(33)45(34)47-46(48(55)56)39-26-50(3,4)23-21-44(39)65-47/h7-20,31,40-43,54H,21-30H2,1-6H3,(H,52,57)(H,55,56)/t40-,41-,42+,43-,51+/m0/s1. The van der Waals surface area contributed by atoms with Gasteiger partial charge in [0.15, 0.2) is 5.79 Å². The Kier molecular flexibility index (Phi) is 13.9. The van der Waals surface area contributed by atoms with Gasteiger partial charge in [-0.05, 0) is 114 Å². The first-order valence-electron chi connectivity index (χ1n) is 22.6. The van der Waals surface area contributed by atoms with Gasteiger partial charge in [0.2, 0.25) is 10.0 Å². The van der Waals surface area contributed by atoms with Crippen LogP contribution in [-0.4, -0.2) is 92.4 Å². The Bertz CT molecular complexity index is 2660. The fraction of sp³-hybridized carbons (Fsp3) is 0.451. The molecule has 2 aliphatic heterocycles. The van der Waals surface area contributed by atoms with Crippen LogP contribution in [0, 0.1) is 17.3 Å². The number of aliphatic hydroxyl groups is 1. The second-order valence-corrected chi connectivity index (χ2v) is 22.1. The van der Waals surface area contributed by atoms with Gasteiger partial charge < -0.3 is 39.2 Å². The Balaban J connectivity index is 1.03. The molecule has 13 nitrogen and oxygen atoms in total. The van der Waals surface area contributed by atoms with Gasteiger partial charge in [0, 0.05) is 23.5 Å². The number of benzene rings is 4. The highest BCUT2D eigenvalue weighted by Gasteiger charge is 2.53. The Labute approximate surface area is 391 Å². The smallest absolute Gasteiger partial charge is 0.407 e. The third kappa shape index (κ3) is 10.1. The molecule has 1 aliphatic carbocycles. The van der Waals surface area contributed by atoms with Crippen LogP contribution in [0.4, 0.5) is 4.79 Å². The molecular weight excluding hydrogens is 881 g/mol. The van der Waals surface area contributed by atoms with Crippen molar-refractivity contribution in [3.63, 3.8) is 0 Å². The zero-order valence-electron chi connectivity index (χ0n) is 38.4. The van der Waals surface area contributed by atoms with Gasteiger partial charge >= 0.3 is 12.1 Å². The van der Waals surface area contributed by atoms with E-state index in [1.54, 1.807) is 23.5 Å². The highest BCUT2D eigenvalue weighted by molar-refractivity contribution is 7.89. The highest BCUT2D eigenvalue weighted by Crippen LogP contribution is 2.48. The number of rotatable bonds is 17. The fourth-order valence-corrected chi connectivity index (χ4v) is 12.6. The zero-order valence-corrected chi connectivity index (χ0v) is 40.0. The Morgan fingerprint density at radius 3 is 2.39 bits per heavy atom. The number of sulfonamides is 1. The minimum absolute atomic E-state index is 0.00896. The second kappa shape index (κ2) is 19.3. The van der Waals surface area contributed by atoms with E-state index in [9.17, 15) is 28.2 Å². The monoisotopic (exact) mass is 940 g/mol. The molecule has 2 fully saturated rings. The maximum Gasteiger partial charge on any atom is 0.407 e. The highest BCUT2D eigenvalue weighted by atomic mass is 32.2. The summed E-state index contributed by atoms with van der Waals surface area (Å²) in [5, 5.41) is 27.4. The van der Waals surface area contributed by atoms with E-state index in [0.717, 1.165) is 55.6 Å². The summed E-state index contributed by atoms with van der Waals surface area (Å²) in [6.07, 6.45) is 0.678. The van der Waals surface area contributed by atoms with Crippen LogP contribution < -0.4 is 14.8 Å². The molecule has 2 saturated heterocycles. The molecule has 1 amide bonds. The summed E-state index contributed by atoms with van der Waals surface area (Å²) in [6, 6.07) is 24.5. The molecule has 0 spiro atoms. The summed E-state index contributed by atoms with van der Waals surface area (Å²) in [5.41, 5.74) is 3.79. The molecule has 3 aliphatic rings. The minimum atomic E-state index is -4.07. The van der Waals surface area contributed by atoms with Gasteiger partial charge in [-0.1, -0.05) is 76.2 Å². The summed E-state index contributed by atoms with van der Waals surface area (Å²) in [4.78, 5) is 28.6. The molecule has 3 N–H and O–H groups in total. The summed E-state index contributed by atoms with van der Waals surface area (Å²) in [6.45, 7) is 10.7. The van der Waals surface area contributed by atoms with Crippen molar-refractivity contribution in [2.24, 2.45) is 17.3 Å². The number of amides is 1. The Morgan fingerprint density at radius 2 is 1.68 bits per heavy atom. The number of nitrogens with one attached hydrogen (secondary N) is 1. The van der Waals surface area contributed by atoms with Crippen molar-refractivity contribution in [3.05, 3.63) is 112 Å². The Morgan fingerprint density at radius 1 is 0.955 bits per heavy atom. The number of aliphatic hydroxyl groups excluding tert-OH is 1. The lowest BCUT2D eigenvalue weighted by Gasteiger charge is -2.31. The third-order valence-electron chi connectivity index (χ3n) is 13.2. The second-order valence-electron chi connectivity index (χ2n) is 19.0. The van der Waals surface area contributed by atoms with Crippen LogP contribution in [-0.2, 0) is 50.1 Å². The first kappa shape index (κ1) is 47.5. The number of carboxylic acid groups (broad SMARTS) is 1. The number of methoxy groups -OCH3 is 1. The molecule has 5 atom stereocenters. The number of aryl methyl sites for hydroxylation is 1. The molecule has 66 heavy (non-hydrogen) atoms. The van der Waals surface area contributed by atoms with E-state index in [4.69, 9.17) is 23.7 Å². The number of hydrogen-bond donors (Lipinski definition) is 3. The number of nitrogens with zero attached hydrogens (tertiary/aromatic N) is 1. The molecule has 0 radical (unpaired) electrons. The quantitative estimate of drug-likeness (QED) is 0.0814. The van der Waals surface area contributed by atoms with Crippen molar-refractivity contribution in [2.45, 2.75) is 102 Å². The van der Waals surface area contributed by atoms with E-state index < -0.39 is 46.1 Å². The molecule has 1 aromatic heterocycles. The number of aromatic carboxylic acids is 1. The SMILES string of the molecule is COc1ccc(S(=O)(=O)N(CC(C)C)C[C@@H](O)[C@H](Cc2ccc(OCc3ccc4ccccc4c3-c3sc4c(c3C(=O)O)CC(C)(C)CC4)cc2)NC(=O)O[C@H]2CO[C@@]3(C)OCC[C@@H]23)cc1. The molecular formula is C51H60N2O11S2. The van der Waals surface area contributed by atoms with Crippen molar-refractivity contribution in [3.8, 4) is 21.9 Å². The minimum Gasteiger partial charge on any atom is -0.497 e. The average molecular weight is 941 g/mol. The maximum absolute atomic E-state index is 14.1. The van der Waals surface area contributed by atoms with Crippen LogP contribution in [0.3, 0.4) is 0 Å². The van der Waals surface area contributed by atoms with Gasteiger partial charge in [-0.3, -0.25) is 0 Å². The first-order chi connectivity index (χ1) is 31.4. The third-order valence-corrected chi connectivity index (χ3v) is 16.3. The number of carbonyl (C=O) groups excluding carboxylic acids is 1. The van der Waals surface area contributed by atoms with Gasteiger partial charge in [-0.2, -0.15) is 4.31 Å². The number of hydrogen-bond acceptors (Lipinski definition) is 11. The summed E-state index contributed by atoms with van der Waals surface area (Å²) < 4.78 is 58.6. The van der Waals surface area contributed by atoms with Crippen LogP contribution in [0.5, 0.6) is 11.5 Å². The number of ether oxygens (including phenoxy) is 5. The topological polar surface area (TPSA) is 170 Å². The number of fused-ring (bicyclic) bond motifs is 3. The van der Waals surface area contributed by atoms with E-state index in [0.29, 0.717) is 36.5 Å². The van der Waals surface area contributed by atoms with Crippen LogP contribution in [0.1, 0.15) is 79.4 Å². The van der Waals surface area contributed by atoms with Crippen molar-refractivity contribution >= 4 is 44.2 Å². The van der Waals surface area contributed by atoms with Crippen molar-refractivity contribution < 1.29 is 51.9 Å². The largest absolute Gasteiger partial charge is 0.497 e. The molecule has 4 aromatic carbocycles. The molecule has 0 unspecified atom stereocenters. The average Bonchev–Trinajstić information content (AvgIpc) is 3.95. The zero-order chi connectivity index (χ0) is 47.0. The molecule has 5 aromatic rings. The van der Waals surface area contributed by atoms with Crippen LogP contribution in [0.25, 0.3) is 21.2 Å². The predicted molar refractivity (Wildman–Crippen MR) is 253 cm³/mol. The normalized spacial score (nSPS) is 21.0. The predicted octanol–water partition coefficient (Wildman–Crippen LogP) is 8.87. The molecule has 352 valence electrons. The van der Waals surface area contributed by atoms with E-state index in [-0.39, 0.29) is 54.9 Å². The molecule has 3 heterocycles. The molecule has 15 heteroatoms. The van der Waals surface area contributed by atoms with Crippen molar-refractivity contribution in [1.29, 1.82) is 0 Å². The summed E-state index contributed by atoms with van der Waals surface area (Å²) in [7, 11) is -2.57.